The van der Waals surface area contributed by atoms with E-state index in [0.29, 0.717) is 5.92 Å². The molecule has 0 bridgehead atoms. The molecule has 1 aliphatic carbocycles. The first-order chi connectivity index (χ1) is 7.77. The molecule has 2 N–H and O–H groups in total. The number of hydrogen-bond donors (Lipinski definition) is 1. The first-order valence-corrected chi connectivity index (χ1v) is 5.58. The Labute approximate surface area is 94.9 Å². The molecule has 3 rings (SSSR count). The van der Waals surface area contributed by atoms with Crippen molar-refractivity contribution in [3.05, 3.63) is 53.3 Å². The summed E-state index contributed by atoms with van der Waals surface area (Å²) in [5.74, 6) is 0.451. The molecule has 0 amide bonds. The Bertz CT molecular complexity index is 515. The molecule has 0 spiro atoms. The van der Waals surface area contributed by atoms with E-state index in [1.807, 2.05) is 17.8 Å². The minimum atomic E-state index is 0.0578. The van der Waals surface area contributed by atoms with Crippen LogP contribution in [-0.2, 0) is 13.5 Å². The summed E-state index contributed by atoms with van der Waals surface area (Å²) in [7, 11) is 1.94. The monoisotopic (exact) mass is 213 g/mol. The number of nitrogens with zero attached hydrogens (tertiary/aromatic N) is 2. The van der Waals surface area contributed by atoms with Gasteiger partial charge in [0.25, 0.3) is 0 Å². The minimum Gasteiger partial charge on any atom is -0.322 e. The second-order valence-corrected chi connectivity index (χ2v) is 4.41. The largest absolute Gasteiger partial charge is 0.322 e. The molecule has 0 saturated carbocycles. The molecule has 0 saturated heterocycles. The average molecular weight is 213 g/mol. The van der Waals surface area contributed by atoms with Crippen molar-refractivity contribution >= 4 is 0 Å². The Morgan fingerprint density at radius 2 is 2.19 bits per heavy atom. The summed E-state index contributed by atoms with van der Waals surface area (Å²) in [6.45, 7) is 0. The van der Waals surface area contributed by atoms with E-state index < -0.39 is 0 Å². The van der Waals surface area contributed by atoms with Crippen molar-refractivity contribution in [1.82, 2.24) is 9.78 Å². The Morgan fingerprint density at radius 3 is 2.88 bits per heavy atom. The number of aromatic nitrogens is 2. The molecule has 1 aromatic carbocycles. The van der Waals surface area contributed by atoms with E-state index in [-0.39, 0.29) is 6.04 Å². The van der Waals surface area contributed by atoms with Gasteiger partial charge in [-0.25, -0.2) is 0 Å². The Balaban J connectivity index is 1.90. The fourth-order valence-electron chi connectivity index (χ4n) is 2.54. The van der Waals surface area contributed by atoms with E-state index in [4.69, 9.17) is 5.73 Å². The number of nitrogens with two attached hydrogens (primary N) is 1. The number of benzene rings is 1. The van der Waals surface area contributed by atoms with Crippen LogP contribution in [0.1, 0.15) is 28.8 Å². The summed E-state index contributed by atoms with van der Waals surface area (Å²) in [6, 6.07) is 10.6. The highest BCUT2D eigenvalue weighted by Gasteiger charge is 2.32. The quantitative estimate of drug-likeness (QED) is 0.826. The van der Waals surface area contributed by atoms with Crippen molar-refractivity contribution in [2.45, 2.75) is 18.4 Å². The van der Waals surface area contributed by atoms with E-state index in [2.05, 4.69) is 29.4 Å². The molecule has 2 atom stereocenters. The third kappa shape index (κ3) is 1.28. The Morgan fingerprint density at radius 1 is 1.38 bits per heavy atom. The van der Waals surface area contributed by atoms with Gasteiger partial charge in [0.1, 0.15) is 0 Å². The molecule has 0 aliphatic heterocycles. The molecule has 0 fully saturated rings. The lowest BCUT2D eigenvalue weighted by atomic mass is 9.73. The van der Waals surface area contributed by atoms with Crippen LogP contribution in [-0.4, -0.2) is 9.78 Å². The Hall–Kier alpha value is -1.61. The molecule has 3 nitrogen and oxygen atoms in total. The predicted octanol–water partition coefficient (Wildman–Crippen LogP) is 1.76. The Kier molecular flexibility index (Phi) is 2.07. The highest BCUT2D eigenvalue weighted by atomic mass is 15.3. The minimum absolute atomic E-state index is 0.0578. The summed E-state index contributed by atoms with van der Waals surface area (Å²) in [5, 5.41) is 4.17. The summed E-state index contributed by atoms with van der Waals surface area (Å²) >= 11 is 0. The van der Waals surface area contributed by atoms with Gasteiger partial charge in [-0.15, -0.1) is 0 Å². The maximum Gasteiger partial charge on any atom is 0.0554 e. The van der Waals surface area contributed by atoms with Gasteiger partial charge >= 0.3 is 0 Å². The first-order valence-electron chi connectivity index (χ1n) is 5.58. The zero-order valence-electron chi connectivity index (χ0n) is 9.30. The highest BCUT2D eigenvalue weighted by molar-refractivity contribution is 5.42. The first kappa shape index (κ1) is 9.60. The number of fused-ring (bicyclic) bond motifs is 1. The van der Waals surface area contributed by atoms with Gasteiger partial charge in [-0.2, -0.15) is 5.10 Å². The van der Waals surface area contributed by atoms with Crippen LogP contribution in [0, 0.1) is 0 Å². The van der Waals surface area contributed by atoms with Crippen molar-refractivity contribution in [3.8, 4) is 0 Å². The molecule has 16 heavy (non-hydrogen) atoms. The van der Waals surface area contributed by atoms with Crippen LogP contribution in [0.2, 0.25) is 0 Å². The molecule has 1 heterocycles. The lowest BCUT2D eigenvalue weighted by Crippen LogP contribution is -2.30. The van der Waals surface area contributed by atoms with E-state index in [1.165, 1.54) is 11.1 Å². The summed E-state index contributed by atoms with van der Waals surface area (Å²) in [6.07, 6.45) is 2.89. The fraction of sp³-hybridized carbons (Fsp3) is 0.308. The van der Waals surface area contributed by atoms with Gasteiger partial charge in [0, 0.05) is 19.2 Å². The molecule has 3 heteroatoms. The van der Waals surface area contributed by atoms with Crippen molar-refractivity contribution < 1.29 is 0 Å². The third-order valence-electron chi connectivity index (χ3n) is 3.53. The SMILES string of the molecule is Cn1nccc1C(N)C1Cc2ccccc21. The zero-order valence-corrected chi connectivity index (χ0v) is 9.30. The van der Waals surface area contributed by atoms with E-state index in [0.717, 1.165) is 12.1 Å². The zero-order chi connectivity index (χ0) is 11.1. The van der Waals surface area contributed by atoms with Crippen LogP contribution >= 0.6 is 0 Å². The fourth-order valence-corrected chi connectivity index (χ4v) is 2.54. The molecule has 82 valence electrons. The predicted molar refractivity (Wildman–Crippen MR) is 63.0 cm³/mol. The molecule has 1 aliphatic rings. The topological polar surface area (TPSA) is 43.8 Å². The van der Waals surface area contributed by atoms with Gasteiger partial charge in [-0.3, -0.25) is 4.68 Å². The van der Waals surface area contributed by atoms with Crippen LogP contribution in [0.3, 0.4) is 0 Å². The van der Waals surface area contributed by atoms with Crippen LogP contribution in [0.25, 0.3) is 0 Å². The number of rotatable bonds is 2. The number of aryl methyl sites for hydroxylation is 1. The van der Waals surface area contributed by atoms with Gasteiger partial charge in [0.15, 0.2) is 0 Å². The second-order valence-electron chi connectivity index (χ2n) is 4.41. The molecule has 0 radical (unpaired) electrons. The third-order valence-corrected chi connectivity index (χ3v) is 3.53. The van der Waals surface area contributed by atoms with Gasteiger partial charge in [-0.1, -0.05) is 24.3 Å². The van der Waals surface area contributed by atoms with Crippen LogP contribution in [0.4, 0.5) is 0 Å². The molecular formula is C13H15N3. The van der Waals surface area contributed by atoms with Gasteiger partial charge < -0.3 is 5.73 Å². The highest BCUT2D eigenvalue weighted by Crippen LogP contribution is 2.41. The van der Waals surface area contributed by atoms with Crippen molar-refractivity contribution in [2.24, 2.45) is 12.8 Å². The van der Waals surface area contributed by atoms with Crippen LogP contribution in [0.15, 0.2) is 36.5 Å². The van der Waals surface area contributed by atoms with Gasteiger partial charge in [-0.05, 0) is 23.6 Å². The normalized spacial score (nSPS) is 20.0. The summed E-state index contributed by atoms with van der Waals surface area (Å²) in [4.78, 5) is 0. The molecule has 2 aromatic rings. The van der Waals surface area contributed by atoms with Crippen molar-refractivity contribution in [2.75, 3.05) is 0 Å². The van der Waals surface area contributed by atoms with Crippen LogP contribution in [0.5, 0.6) is 0 Å². The van der Waals surface area contributed by atoms with Crippen molar-refractivity contribution in [3.63, 3.8) is 0 Å². The summed E-state index contributed by atoms with van der Waals surface area (Å²) in [5.41, 5.74) is 10.2. The van der Waals surface area contributed by atoms with Gasteiger partial charge in [0.05, 0.1) is 11.7 Å². The lowest BCUT2D eigenvalue weighted by Gasteiger charge is -2.34. The van der Waals surface area contributed by atoms with E-state index in [1.54, 1.807) is 6.20 Å². The van der Waals surface area contributed by atoms with Crippen molar-refractivity contribution in [1.29, 1.82) is 0 Å². The molecule has 2 unspecified atom stereocenters. The van der Waals surface area contributed by atoms with Crippen LogP contribution < -0.4 is 5.73 Å². The maximum absolute atomic E-state index is 6.30. The summed E-state index contributed by atoms with van der Waals surface area (Å²) < 4.78 is 1.87. The smallest absolute Gasteiger partial charge is 0.0554 e. The maximum atomic E-state index is 6.30. The second kappa shape index (κ2) is 3.46. The lowest BCUT2D eigenvalue weighted by molar-refractivity contribution is 0.472. The molecule has 1 aromatic heterocycles. The average Bonchev–Trinajstić information content (AvgIpc) is 2.66. The standard InChI is InChI=1S/C13H15N3/c1-16-12(6-7-15-16)13(14)11-8-9-4-2-3-5-10(9)11/h2-7,11,13H,8,14H2,1H3. The van der Waals surface area contributed by atoms with Gasteiger partial charge in [0.2, 0.25) is 0 Å². The molecular weight excluding hydrogens is 198 g/mol. The van der Waals surface area contributed by atoms with E-state index >= 15 is 0 Å². The van der Waals surface area contributed by atoms with E-state index in [9.17, 15) is 0 Å². The number of hydrogen-bond acceptors (Lipinski definition) is 2.